The molecule has 6 heteroatoms. The normalized spacial score (nSPS) is 10.1. The van der Waals surface area contributed by atoms with E-state index in [0.29, 0.717) is 17.1 Å². The lowest BCUT2D eigenvalue weighted by Gasteiger charge is -2.01. The highest BCUT2D eigenvalue weighted by molar-refractivity contribution is 7.12. The molecule has 0 bridgehead atoms. The summed E-state index contributed by atoms with van der Waals surface area (Å²) in [5, 5.41) is 7.33. The molecular formula is C9H9N3OS2. The SMILES string of the molecule is Nc1ccsc1C(=O)NCc1nccs1. The first-order valence-corrected chi connectivity index (χ1v) is 6.03. The van der Waals surface area contributed by atoms with Gasteiger partial charge < -0.3 is 11.1 Å². The summed E-state index contributed by atoms with van der Waals surface area (Å²) >= 11 is 2.85. The van der Waals surface area contributed by atoms with E-state index in [-0.39, 0.29) is 5.91 Å². The van der Waals surface area contributed by atoms with E-state index in [4.69, 9.17) is 5.73 Å². The van der Waals surface area contributed by atoms with Crippen LogP contribution in [0.4, 0.5) is 5.69 Å². The maximum absolute atomic E-state index is 11.6. The molecule has 2 heterocycles. The predicted octanol–water partition coefficient (Wildman–Crippen LogP) is 1.72. The molecule has 0 saturated heterocycles. The van der Waals surface area contributed by atoms with Gasteiger partial charge in [-0.3, -0.25) is 4.79 Å². The van der Waals surface area contributed by atoms with Gasteiger partial charge in [-0.15, -0.1) is 22.7 Å². The number of carbonyl (C=O) groups excluding carboxylic acids is 1. The average molecular weight is 239 g/mol. The molecule has 2 rings (SSSR count). The average Bonchev–Trinajstić information content (AvgIpc) is 2.84. The molecule has 0 aromatic carbocycles. The fourth-order valence-corrected chi connectivity index (χ4v) is 2.37. The highest BCUT2D eigenvalue weighted by Gasteiger charge is 2.10. The monoisotopic (exact) mass is 239 g/mol. The number of rotatable bonds is 3. The molecule has 2 aromatic rings. The standard InChI is InChI=1S/C9H9N3OS2/c10-6-1-3-15-8(6)9(13)12-5-7-11-2-4-14-7/h1-4H,5,10H2,(H,12,13). The van der Waals surface area contributed by atoms with Gasteiger partial charge in [0, 0.05) is 11.6 Å². The van der Waals surface area contributed by atoms with E-state index in [1.807, 2.05) is 5.38 Å². The molecule has 0 aliphatic rings. The van der Waals surface area contributed by atoms with E-state index in [1.54, 1.807) is 17.6 Å². The molecule has 4 nitrogen and oxygen atoms in total. The first-order chi connectivity index (χ1) is 7.27. The number of nitrogens with two attached hydrogens (primary N) is 1. The molecular weight excluding hydrogens is 230 g/mol. The molecule has 0 spiro atoms. The Morgan fingerprint density at radius 3 is 2.93 bits per heavy atom. The van der Waals surface area contributed by atoms with Gasteiger partial charge in [0.2, 0.25) is 0 Å². The summed E-state index contributed by atoms with van der Waals surface area (Å²) in [7, 11) is 0. The zero-order valence-electron chi connectivity index (χ0n) is 7.77. The van der Waals surface area contributed by atoms with Crippen molar-refractivity contribution in [3.8, 4) is 0 Å². The number of nitrogen functional groups attached to an aromatic ring is 1. The lowest BCUT2D eigenvalue weighted by molar-refractivity contribution is 0.0956. The van der Waals surface area contributed by atoms with Crippen LogP contribution in [0.1, 0.15) is 14.7 Å². The molecule has 78 valence electrons. The second kappa shape index (κ2) is 4.41. The van der Waals surface area contributed by atoms with Crippen molar-refractivity contribution in [1.29, 1.82) is 0 Å². The third-order valence-electron chi connectivity index (χ3n) is 1.79. The molecule has 1 amide bonds. The van der Waals surface area contributed by atoms with Gasteiger partial charge in [-0.25, -0.2) is 4.98 Å². The van der Waals surface area contributed by atoms with Crippen LogP contribution in [0.3, 0.4) is 0 Å². The Bertz CT molecular complexity index is 450. The summed E-state index contributed by atoms with van der Waals surface area (Å²) in [6.45, 7) is 0.452. The Balaban J connectivity index is 1.96. The summed E-state index contributed by atoms with van der Waals surface area (Å²) in [6.07, 6.45) is 1.71. The molecule has 0 atom stereocenters. The van der Waals surface area contributed by atoms with Gasteiger partial charge in [0.1, 0.15) is 9.88 Å². The summed E-state index contributed by atoms with van der Waals surface area (Å²) in [5.41, 5.74) is 6.15. The van der Waals surface area contributed by atoms with Crippen molar-refractivity contribution in [1.82, 2.24) is 10.3 Å². The lowest BCUT2D eigenvalue weighted by Crippen LogP contribution is -2.22. The Labute approximate surface area is 94.8 Å². The molecule has 0 fully saturated rings. The molecule has 0 radical (unpaired) electrons. The van der Waals surface area contributed by atoms with E-state index in [1.165, 1.54) is 22.7 Å². The van der Waals surface area contributed by atoms with Crippen molar-refractivity contribution in [2.75, 3.05) is 5.73 Å². The number of nitrogens with one attached hydrogen (secondary N) is 1. The number of hydrogen-bond acceptors (Lipinski definition) is 5. The number of hydrogen-bond donors (Lipinski definition) is 2. The molecule has 0 aliphatic carbocycles. The summed E-state index contributed by atoms with van der Waals surface area (Å²) < 4.78 is 0. The number of carbonyl (C=O) groups is 1. The van der Waals surface area contributed by atoms with Gasteiger partial charge in [-0.2, -0.15) is 0 Å². The van der Waals surface area contributed by atoms with Crippen LogP contribution < -0.4 is 11.1 Å². The number of thiophene rings is 1. The zero-order chi connectivity index (χ0) is 10.7. The van der Waals surface area contributed by atoms with E-state index in [2.05, 4.69) is 10.3 Å². The van der Waals surface area contributed by atoms with Gasteiger partial charge in [0.05, 0.1) is 12.2 Å². The van der Waals surface area contributed by atoms with E-state index in [0.717, 1.165) is 5.01 Å². The van der Waals surface area contributed by atoms with Crippen LogP contribution >= 0.6 is 22.7 Å². The number of anilines is 1. The third kappa shape index (κ3) is 2.34. The van der Waals surface area contributed by atoms with Crippen molar-refractivity contribution in [2.45, 2.75) is 6.54 Å². The number of nitrogens with zero attached hydrogens (tertiary/aromatic N) is 1. The van der Waals surface area contributed by atoms with Crippen LogP contribution in [0.2, 0.25) is 0 Å². The molecule has 15 heavy (non-hydrogen) atoms. The predicted molar refractivity (Wildman–Crippen MR) is 62.0 cm³/mol. The van der Waals surface area contributed by atoms with Crippen molar-refractivity contribution in [2.24, 2.45) is 0 Å². The maximum atomic E-state index is 11.6. The first kappa shape index (κ1) is 10.1. The number of amides is 1. The van der Waals surface area contributed by atoms with Gasteiger partial charge in [0.25, 0.3) is 5.91 Å². The minimum absolute atomic E-state index is 0.141. The lowest BCUT2D eigenvalue weighted by atomic mass is 10.4. The van der Waals surface area contributed by atoms with Gasteiger partial charge in [0.15, 0.2) is 0 Å². The fourth-order valence-electron chi connectivity index (χ4n) is 1.08. The first-order valence-electron chi connectivity index (χ1n) is 4.27. The second-order valence-electron chi connectivity index (χ2n) is 2.81. The Hall–Kier alpha value is -1.40. The maximum Gasteiger partial charge on any atom is 0.263 e. The van der Waals surface area contributed by atoms with E-state index < -0.39 is 0 Å². The van der Waals surface area contributed by atoms with Crippen molar-refractivity contribution < 1.29 is 4.79 Å². The largest absolute Gasteiger partial charge is 0.397 e. The smallest absolute Gasteiger partial charge is 0.263 e. The van der Waals surface area contributed by atoms with Crippen molar-refractivity contribution in [3.05, 3.63) is 32.9 Å². The van der Waals surface area contributed by atoms with Crippen LogP contribution in [0.25, 0.3) is 0 Å². The van der Waals surface area contributed by atoms with Crippen molar-refractivity contribution >= 4 is 34.3 Å². The number of thiazole rings is 1. The molecule has 0 aliphatic heterocycles. The Morgan fingerprint density at radius 1 is 1.47 bits per heavy atom. The van der Waals surface area contributed by atoms with Gasteiger partial charge in [-0.1, -0.05) is 0 Å². The minimum Gasteiger partial charge on any atom is -0.397 e. The highest BCUT2D eigenvalue weighted by Crippen LogP contribution is 2.18. The van der Waals surface area contributed by atoms with Crippen LogP contribution in [0, 0.1) is 0 Å². The van der Waals surface area contributed by atoms with E-state index in [9.17, 15) is 4.79 Å². The van der Waals surface area contributed by atoms with E-state index >= 15 is 0 Å². The summed E-state index contributed by atoms with van der Waals surface area (Å²) in [6, 6.07) is 1.73. The molecule has 3 N–H and O–H groups in total. The number of aromatic nitrogens is 1. The zero-order valence-corrected chi connectivity index (χ0v) is 9.40. The van der Waals surface area contributed by atoms with Crippen LogP contribution in [0.15, 0.2) is 23.0 Å². The van der Waals surface area contributed by atoms with Crippen LogP contribution in [-0.4, -0.2) is 10.9 Å². The summed E-state index contributed by atoms with van der Waals surface area (Å²) in [4.78, 5) is 16.2. The Morgan fingerprint density at radius 2 is 2.33 bits per heavy atom. The van der Waals surface area contributed by atoms with Crippen LogP contribution in [0.5, 0.6) is 0 Å². The minimum atomic E-state index is -0.141. The fraction of sp³-hybridized carbons (Fsp3) is 0.111. The van der Waals surface area contributed by atoms with Gasteiger partial charge >= 0.3 is 0 Å². The second-order valence-corrected chi connectivity index (χ2v) is 4.71. The summed E-state index contributed by atoms with van der Waals surface area (Å²) in [5.74, 6) is -0.141. The molecule has 0 saturated carbocycles. The molecule has 0 unspecified atom stereocenters. The van der Waals surface area contributed by atoms with Gasteiger partial charge in [-0.05, 0) is 11.4 Å². The third-order valence-corrected chi connectivity index (χ3v) is 3.49. The quantitative estimate of drug-likeness (QED) is 0.857. The van der Waals surface area contributed by atoms with Crippen molar-refractivity contribution in [3.63, 3.8) is 0 Å². The molecule has 2 aromatic heterocycles. The Kier molecular flexibility index (Phi) is 2.98. The topological polar surface area (TPSA) is 68.0 Å². The van der Waals surface area contributed by atoms with Crippen LogP contribution in [-0.2, 0) is 6.54 Å². The highest BCUT2D eigenvalue weighted by atomic mass is 32.1.